The highest BCUT2D eigenvalue weighted by Gasteiger charge is 2.30. The number of rotatable bonds is 4. The molecule has 6 heteroatoms. The third kappa shape index (κ3) is 3.96. The topological polar surface area (TPSA) is 25.2 Å². The van der Waals surface area contributed by atoms with Crippen LogP contribution in [0.2, 0.25) is 0 Å². The van der Waals surface area contributed by atoms with Gasteiger partial charge in [-0.1, -0.05) is 12.1 Å². The number of halogens is 3. The minimum atomic E-state index is -4.30. The van der Waals surface area contributed by atoms with Crippen molar-refractivity contribution in [3.63, 3.8) is 0 Å². The van der Waals surface area contributed by atoms with E-state index >= 15 is 0 Å². The smallest absolute Gasteiger partial charge is 0.446 e. The molecule has 0 fully saturated rings. The van der Waals surface area contributed by atoms with E-state index in [0.717, 1.165) is 5.76 Å². The number of hydrogen-bond acceptors (Lipinski definition) is 3. The van der Waals surface area contributed by atoms with Crippen LogP contribution in [0.15, 0.2) is 45.7 Å². The Balaban J connectivity index is 2.17. The Bertz CT molecular complexity index is 580. The fraction of sp³-hybridized carbons (Fsp3) is 0.286. The van der Waals surface area contributed by atoms with Crippen LogP contribution >= 0.6 is 11.8 Å². The Morgan fingerprint density at radius 2 is 1.85 bits per heavy atom. The lowest BCUT2D eigenvalue weighted by atomic mass is 10.2. The predicted octanol–water partition coefficient (Wildman–Crippen LogP) is 5.37. The highest BCUT2D eigenvalue weighted by Crippen LogP contribution is 2.41. The molecule has 2 nitrogen and oxygen atoms in total. The molecule has 20 heavy (non-hydrogen) atoms. The first kappa shape index (κ1) is 14.8. The third-order valence-corrected chi connectivity index (χ3v) is 3.48. The minimum absolute atomic E-state index is 0.123. The molecule has 2 rings (SSSR count). The van der Waals surface area contributed by atoms with Gasteiger partial charge in [0.25, 0.3) is 0 Å². The zero-order valence-electron chi connectivity index (χ0n) is 11.0. The maximum absolute atomic E-state index is 12.5. The van der Waals surface area contributed by atoms with Crippen LogP contribution in [0.4, 0.5) is 18.9 Å². The van der Waals surface area contributed by atoms with Crippen LogP contribution in [0.25, 0.3) is 0 Å². The average molecular weight is 301 g/mol. The van der Waals surface area contributed by atoms with Crippen LogP contribution in [-0.2, 0) is 0 Å². The summed E-state index contributed by atoms with van der Waals surface area (Å²) in [5.74, 6) is 1.46. The number of nitrogens with one attached hydrogen (secondary N) is 1. The molecule has 0 aliphatic carbocycles. The number of hydrogen-bond donors (Lipinski definition) is 1. The fourth-order valence-electron chi connectivity index (χ4n) is 1.79. The van der Waals surface area contributed by atoms with E-state index in [9.17, 15) is 13.2 Å². The Labute approximate surface area is 119 Å². The van der Waals surface area contributed by atoms with E-state index < -0.39 is 5.51 Å². The van der Waals surface area contributed by atoms with E-state index in [-0.39, 0.29) is 22.7 Å². The van der Waals surface area contributed by atoms with E-state index in [1.807, 2.05) is 26.0 Å². The first-order valence-electron chi connectivity index (χ1n) is 6.03. The first-order valence-corrected chi connectivity index (χ1v) is 6.84. The number of aryl methyl sites for hydroxylation is 1. The molecule has 1 unspecified atom stereocenters. The number of benzene rings is 1. The predicted molar refractivity (Wildman–Crippen MR) is 73.8 cm³/mol. The van der Waals surface area contributed by atoms with E-state index in [1.165, 1.54) is 6.07 Å². The molecule has 0 aliphatic heterocycles. The quantitative estimate of drug-likeness (QED) is 0.768. The van der Waals surface area contributed by atoms with Crippen molar-refractivity contribution < 1.29 is 17.6 Å². The van der Waals surface area contributed by atoms with Crippen LogP contribution in [-0.4, -0.2) is 5.51 Å². The molecule has 1 aromatic heterocycles. The molecule has 0 bridgehead atoms. The Morgan fingerprint density at radius 3 is 2.45 bits per heavy atom. The molecule has 1 atom stereocenters. The van der Waals surface area contributed by atoms with Crippen molar-refractivity contribution >= 4 is 17.4 Å². The van der Waals surface area contributed by atoms with Crippen molar-refractivity contribution in [2.24, 2.45) is 0 Å². The van der Waals surface area contributed by atoms with E-state index in [4.69, 9.17) is 4.42 Å². The van der Waals surface area contributed by atoms with Crippen molar-refractivity contribution in [3.8, 4) is 0 Å². The first-order chi connectivity index (χ1) is 9.35. The van der Waals surface area contributed by atoms with Gasteiger partial charge in [0.15, 0.2) is 0 Å². The summed E-state index contributed by atoms with van der Waals surface area (Å²) in [5.41, 5.74) is -3.86. The standard InChI is InChI=1S/C14H14F3NOS/c1-9-7-8-12(19-9)10(2)18-11-5-3-4-6-13(11)20-14(15,16)17/h3-8,10,18H,1-2H3. The van der Waals surface area contributed by atoms with Crippen molar-refractivity contribution in [2.45, 2.75) is 30.3 Å². The Kier molecular flexibility index (Phi) is 4.32. The van der Waals surface area contributed by atoms with Crippen LogP contribution in [0, 0.1) is 6.92 Å². The second kappa shape index (κ2) is 5.83. The zero-order chi connectivity index (χ0) is 14.8. The lowest BCUT2D eigenvalue weighted by molar-refractivity contribution is -0.0327. The van der Waals surface area contributed by atoms with E-state index in [1.54, 1.807) is 18.2 Å². The van der Waals surface area contributed by atoms with Gasteiger partial charge >= 0.3 is 5.51 Å². The second-order valence-corrected chi connectivity index (χ2v) is 5.47. The summed E-state index contributed by atoms with van der Waals surface area (Å²) in [7, 11) is 0. The van der Waals surface area contributed by atoms with Crippen molar-refractivity contribution in [1.82, 2.24) is 0 Å². The number of para-hydroxylation sites is 1. The summed E-state index contributed by atoms with van der Waals surface area (Å²) < 4.78 is 43.0. The summed E-state index contributed by atoms with van der Waals surface area (Å²) in [6.07, 6.45) is 0. The molecule has 0 aliphatic rings. The van der Waals surface area contributed by atoms with E-state index in [0.29, 0.717) is 11.4 Å². The monoisotopic (exact) mass is 301 g/mol. The maximum atomic E-state index is 12.5. The van der Waals surface area contributed by atoms with Crippen molar-refractivity contribution in [3.05, 3.63) is 47.9 Å². The normalized spacial score (nSPS) is 13.2. The lowest BCUT2D eigenvalue weighted by Gasteiger charge is -2.17. The molecule has 0 amide bonds. The van der Waals surface area contributed by atoms with Gasteiger partial charge in [0.05, 0.1) is 6.04 Å². The molecular weight excluding hydrogens is 287 g/mol. The highest BCUT2D eigenvalue weighted by atomic mass is 32.2. The average Bonchev–Trinajstić information content (AvgIpc) is 2.77. The fourth-order valence-corrected chi connectivity index (χ4v) is 2.42. The molecule has 0 saturated carbocycles. The van der Waals surface area contributed by atoms with Gasteiger partial charge in [-0.2, -0.15) is 13.2 Å². The van der Waals surface area contributed by atoms with Crippen LogP contribution < -0.4 is 5.32 Å². The van der Waals surface area contributed by atoms with E-state index in [2.05, 4.69) is 5.32 Å². The van der Waals surface area contributed by atoms with Gasteiger partial charge in [0.2, 0.25) is 0 Å². The number of furan rings is 1. The van der Waals surface area contributed by atoms with Crippen LogP contribution in [0.5, 0.6) is 0 Å². The summed E-state index contributed by atoms with van der Waals surface area (Å²) in [5, 5.41) is 3.05. The molecule has 0 radical (unpaired) electrons. The molecule has 0 spiro atoms. The van der Waals surface area contributed by atoms with Gasteiger partial charge in [-0.15, -0.1) is 0 Å². The largest absolute Gasteiger partial charge is 0.464 e. The van der Waals surface area contributed by atoms with Gasteiger partial charge in [0.1, 0.15) is 11.5 Å². The molecule has 2 aromatic rings. The van der Waals surface area contributed by atoms with Gasteiger partial charge in [-0.05, 0) is 49.9 Å². The minimum Gasteiger partial charge on any atom is -0.464 e. The number of thioether (sulfide) groups is 1. The Hall–Kier alpha value is -1.56. The molecular formula is C14H14F3NOS. The maximum Gasteiger partial charge on any atom is 0.446 e. The number of alkyl halides is 3. The van der Waals surface area contributed by atoms with Crippen LogP contribution in [0.3, 0.4) is 0 Å². The summed E-state index contributed by atoms with van der Waals surface area (Å²) in [6.45, 7) is 3.66. The lowest BCUT2D eigenvalue weighted by Crippen LogP contribution is -2.08. The molecule has 1 N–H and O–H groups in total. The summed E-state index contributed by atoms with van der Waals surface area (Å²) in [4.78, 5) is 0.148. The number of anilines is 1. The summed E-state index contributed by atoms with van der Waals surface area (Å²) in [6, 6.07) is 9.78. The SMILES string of the molecule is Cc1ccc(C(C)Nc2ccccc2SC(F)(F)F)o1. The summed E-state index contributed by atoms with van der Waals surface area (Å²) >= 11 is -0.123. The zero-order valence-corrected chi connectivity index (χ0v) is 11.8. The molecule has 1 aromatic carbocycles. The van der Waals surface area contributed by atoms with Crippen LogP contribution in [0.1, 0.15) is 24.5 Å². The van der Waals surface area contributed by atoms with Crippen molar-refractivity contribution in [2.75, 3.05) is 5.32 Å². The Morgan fingerprint density at radius 1 is 1.15 bits per heavy atom. The highest BCUT2D eigenvalue weighted by molar-refractivity contribution is 8.00. The van der Waals surface area contributed by atoms with Gasteiger partial charge in [-0.3, -0.25) is 0 Å². The second-order valence-electron chi connectivity index (χ2n) is 4.36. The molecule has 108 valence electrons. The molecule has 1 heterocycles. The molecule has 0 saturated heterocycles. The van der Waals surface area contributed by atoms with Gasteiger partial charge < -0.3 is 9.73 Å². The van der Waals surface area contributed by atoms with Gasteiger partial charge in [0, 0.05) is 10.6 Å². The van der Waals surface area contributed by atoms with Crippen molar-refractivity contribution in [1.29, 1.82) is 0 Å². The third-order valence-electron chi connectivity index (χ3n) is 2.67. The van der Waals surface area contributed by atoms with Gasteiger partial charge in [-0.25, -0.2) is 0 Å².